The van der Waals surface area contributed by atoms with E-state index in [1.807, 2.05) is 6.07 Å². The zero-order valence-corrected chi connectivity index (χ0v) is 18.0. The fourth-order valence-corrected chi connectivity index (χ4v) is 5.27. The van der Waals surface area contributed by atoms with Crippen LogP contribution in [0.4, 0.5) is 0 Å². The third-order valence-electron chi connectivity index (χ3n) is 6.37. The second kappa shape index (κ2) is 8.17. The Kier molecular flexibility index (Phi) is 5.81. The summed E-state index contributed by atoms with van der Waals surface area (Å²) in [5, 5.41) is 0. The summed E-state index contributed by atoms with van der Waals surface area (Å²) in [6, 6.07) is 6.49. The fraction of sp³-hybridized carbons (Fsp3) is 0.591. The molecule has 0 amide bonds. The molecule has 5 nitrogen and oxygen atoms in total. The number of benzene rings is 1. The van der Waals surface area contributed by atoms with E-state index in [0.29, 0.717) is 25.7 Å². The number of morpholine rings is 1. The average Bonchev–Trinajstić information content (AvgIpc) is 3.15. The Morgan fingerprint density at radius 2 is 2.18 bits per heavy atom. The van der Waals surface area contributed by atoms with E-state index in [2.05, 4.69) is 46.5 Å². The zero-order chi connectivity index (χ0) is 19.7. The van der Waals surface area contributed by atoms with E-state index in [0.717, 1.165) is 60.5 Å². The van der Waals surface area contributed by atoms with Crippen LogP contribution in [0.2, 0.25) is 0 Å². The number of halogens is 1. The SMILES string of the molecule is C=C1CC2COC(=O)C2(Cc2ccc(OCC(C)N3CCOCC3)c(Br)c2)C1. The quantitative estimate of drug-likeness (QED) is 0.490. The highest BCUT2D eigenvalue weighted by Crippen LogP contribution is 2.52. The Balaban J connectivity index is 1.40. The van der Waals surface area contributed by atoms with E-state index in [1.54, 1.807) is 0 Å². The Morgan fingerprint density at radius 1 is 1.39 bits per heavy atom. The molecule has 6 heteroatoms. The third-order valence-corrected chi connectivity index (χ3v) is 6.99. The van der Waals surface area contributed by atoms with E-state index in [4.69, 9.17) is 14.2 Å². The number of carbonyl (C=O) groups excluding carboxylic acids is 1. The molecule has 4 rings (SSSR count). The normalized spacial score (nSPS) is 28.9. The van der Waals surface area contributed by atoms with Crippen molar-refractivity contribution in [2.24, 2.45) is 11.3 Å². The van der Waals surface area contributed by atoms with Crippen molar-refractivity contribution in [2.45, 2.75) is 32.2 Å². The molecule has 3 unspecified atom stereocenters. The van der Waals surface area contributed by atoms with Crippen LogP contribution >= 0.6 is 15.9 Å². The molecule has 28 heavy (non-hydrogen) atoms. The first-order chi connectivity index (χ1) is 13.5. The molecule has 2 saturated heterocycles. The number of carbonyl (C=O) groups is 1. The summed E-state index contributed by atoms with van der Waals surface area (Å²) in [5.41, 5.74) is 1.86. The van der Waals surface area contributed by atoms with E-state index in [1.165, 1.54) is 0 Å². The first kappa shape index (κ1) is 19.9. The maximum absolute atomic E-state index is 12.5. The summed E-state index contributed by atoms with van der Waals surface area (Å²) >= 11 is 3.65. The third kappa shape index (κ3) is 3.87. The number of rotatable bonds is 6. The molecule has 3 fully saturated rings. The van der Waals surface area contributed by atoms with Gasteiger partial charge in [0, 0.05) is 25.0 Å². The molecule has 0 radical (unpaired) electrons. The van der Waals surface area contributed by atoms with Crippen LogP contribution < -0.4 is 4.74 Å². The predicted octanol–water partition coefficient (Wildman–Crippen LogP) is 3.60. The van der Waals surface area contributed by atoms with Crippen molar-refractivity contribution >= 4 is 21.9 Å². The van der Waals surface area contributed by atoms with Gasteiger partial charge in [0.25, 0.3) is 0 Å². The predicted molar refractivity (Wildman–Crippen MR) is 110 cm³/mol. The van der Waals surface area contributed by atoms with Gasteiger partial charge in [0.1, 0.15) is 12.4 Å². The van der Waals surface area contributed by atoms with Crippen molar-refractivity contribution < 1.29 is 19.0 Å². The number of fused-ring (bicyclic) bond motifs is 1. The minimum atomic E-state index is -0.427. The molecule has 2 aliphatic heterocycles. The maximum atomic E-state index is 12.5. The van der Waals surface area contributed by atoms with Crippen LogP contribution in [0.5, 0.6) is 5.75 Å². The summed E-state index contributed by atoms with van der Waals surface area (Å²) < 4.78 is 17.8. The number of esters is 1. The van der Waals surface area contributed by atoms with E-state index < -0.39 is 5.41 Å². The molecule has 1 saturated carbocycles. The lowest BCUT2D eigenvalue weighted by Gasteiger charge is -2.32. The second-order valence-electron chi connectivity index (χ2n) is 8.33. The van der Waals surface area contributed by atoms with Gasteiger partial charge >= 0.3 is 5.97 Å². The average molecular weight is 450 g/mol. The standard InChI is InChI=1S/C22H28BrNO4/c1-15-9-18-14-28-21(25)22(18,11-15)12-17-3-4-20(19(23)10-17)27-13-16(2)24-5-7-26-8-6-24/h3-4,10,16,18H,1,5-9,11-14H2,2H3. The summed E-state index contributed by atoms with van der Waals surface area (Å²) in [7, 11) is 0. The van der Waals surface area contributed by atoms with Gasteiger partial charge in [0.2, 0.25) is 0 Å². The van der Waals surface area contributed by atoms with Gasteiger partial charge < -0.3 is 14.2 Å². The van der Waals surface area contributed by atoms with Crippen LogP contribution in [0.3, 0.4) is 0 Å². The number of ether oxygens (including phenoxy) is 3. The smallest absolute Gasteiger partial charge is 0.313 e. The van der Waals surface area contributed by atoms with Crippen molar-refractivity contribution in [1.29, 1.82) is 0 Å². The fourth-order valence-electron chi connectivity index (χ4n) is 4.73. The maximum Gasteiger partial charge on any atom is 0.313 e. The Morgan fingerprint density at radius 3 is 2.93 bits per heavy atom. The van der Waals surface area contributed by atoms with Gasteiger partial charge in [0.05, 0.1) is 29.7 Å². The highest BCUT2D eigenvalue weighted by Gasteiger charge is 2.55. The lowest BCUT2D eigenvalue weighted by atomic mass is 9.75. The molecule has 1 aromatic rings. The van der Waals surface area contributed by atoms with Gasteiger partial charge in [-0.1, -0.05) is 18.2 Å². The largest absolute Gasteiger partial charge is 0.491 e. The van der Waals surface area contributed by atoms with Gasteiger partial charge in [-0.05, 0) is 59.8 Å². The van der Waals surface area contributed by atoms with Crippen LogP contribution in [0.25, 0.3) is 0 Å². The molecular formula is C22H28BrNO4. The Bertz CT molecular complexity index is 761. The molecule has 0 N–H and O–H groups in total. The first-order valence-electron chi connectivity index (χ1n) is 10.0. The highest BCUT2D eigenvalue weighted by molar-refractivity contribution is 9.10. The van der Waals surface area contributed by atoms with Crippen LogP contribution in [0.15, 0.2) is 34.8 Å². The van der Waals surface area contributed by atoms with Crippen molar-refractivity contribution in [3.8, 4) is 5.75 Å². The van der Waals surface area contributed by atoms with Crippen molar-refractivity contribution in [1.82, 2.24) is 4.90 Å². The lowest BCUT2D eigenvalue weighted by Crippen LogP contribution is -2.44. The number of cyclic esters (lactones) is 1. The molecule has 3 atom stereocenters. The first-order valence-corrected chi connectivity index (χ1v) is 10.8. The van der Waals surface area contributed by atoms with Gasteiger partial charge in [-0.2, -0.15) is 0 Å². The Labute approximate surface area is 175 Å². The van der Waals surface area contributed by atoms with Crippen LogP contribution in [0, 0.1) is 11.3 Å². The van der Waals surface area contributed by atoms with Crippen LogP contribution in [-0.2, 0) is 20.7 Å². The molecule has 3 aliphatic rings. The minimum Gasteiger partial charge on any atom is -0.491 e. The van der Waals surface area contributed by atoms with Gasteiger partial charge in [-0.3, -0.25) is 9.69 Å². The molecule has 1 aromatic carbocycles. The summed E-state index contributed by atoms with van der Waals surface area (Å²) in [6.45, 7) is 11.0. The molecule has 2 heterocycles. The number of hydrogen-bond donors (Lipinski definition) is 0. The topological polar surface area (TPSA) is 48.0 Å². The molecule has 0 bridgehead atoms. The monoisotopic (exact) mass is 449 g/mol. The van der Waals surface area contributed by atoms with E-state index in [9.17, 15) is 4.79 Å². The van der Waals surface area contributed by atoms with E-state index >= 15 is 0 Å². The molecule has 0 aromatic heterocycles. The van der Waals surface area contributed by atoms with Gasteiger partial charge in [-0.15, -0.1) is 0 Å². The second-order valence-corrected chi connectivity index (χ2v) is 9.19. The zero-order valence-electron chi connectivity index (χ0n) is 16.4. The van der Waals surface area contributed by atoms with Crippen LogP contribution in [0.1, 0.15) is 25.3 Å². The minimum absolute atomic E-state index is 0.0630. The molecule has 152 valence electrons. The van der Waals surface area contributed by atoms with Crippen molar-refractivity contribution in [3.63, 3.8) is 0 Å². The lowest BCUT2D eigenvalue weighted by molar-refractivity contribution is -0.146. The van der Waals surface area contributed by atoms with Crippen molar-refractivity contribution in [2.75, 3.05) is 39.5 Å². The molecule has 0 spiro atoms. The van der Waals surface area contributed by atoms with E-state index in [-0.39, 0.29) is 11.9 Å². The van der Waals surface area contributed by atoms with Gasteiger partial charge in [-0.25, -0.2) is 0 Å². The number of allylic oxidation sites excluding steroid dienone is 1. The molecule has 1 aliphatic carbocycles. The van der Waals surface area contributed by atoms with Crippen molar-refractivity contribution in [3.05, 3.63) is 40.4 Å². The van der Waals surface area contributed by atoms with Gasteiger partial charge in [0.15, 0.2) is 0 Å². The number of hydrogen-bond acceptors (Lipinski definition) is 5. The summed E-state index contributed by atoms with van der Waals surface area (Å²) in [4.78, 5) is 14.9. The highest BCUT2D eigenvalue weighted by atomic mass is 79.9. The summed E-state index contributed by atoms with van der Waals surface area (Å²) in [6.07, 6.45) is 2.33. The summed E-state index contributed by atoms with van der Waals surface area (Å²) in [5.74, 6) is 1.03. The number of nitrogens with zero attached hydrogens (tertiary/aromatic N) is 1. The Hall–Kier alpha value is -1.37. The van der Waals surface area contributed by atoms with Crippen LogP contribution in [-0.4, -0.2) is 56.4 Å². The molecular weight excluding hydrogens is 422 g/mol.